The van der Waals surface area contributed by atoms with Gasteiger partial charge in [-0.15, -0.1) is 0 Å². The van der Waals surface area contributed by atoms with Crippen LogP contribution in [0.2, 0.25) is 0 Å². The number of nitro benzene ring substituents is 1. The molecule has 0 N–H and O–H groups in total. The van der Waals surface area contributed by atoms with Gasteiger partial charge in [-0.1, -0.05) is 15.9 Å². The van der Waals surface area contributed by atoms with Crippen molar-refractivity contribution in [2.24, 2.45) is 0 Å². The lowest BCUT2D eigenvalue weighted by atomic mass is 10.0. The molecular formula is C20H18Br2N2O5. The van der Waals surface area contributed by atoms with E-state index in [0.717, 1.165) is 39.1 Å². The Labute approximate surface area is 184 Å². The Morgan fingerprint density at radius 2 is 1.93 bits per heavy atom. The molecule has 2 aromatic carbocycles. The zero-order chi connectivity index (χ0) is 20.4. The average Bonchev–Trinajstić information content (AvgIpc) is 3.07. The molecule has 2 aliphatic heterocycles. The molecule has 1 fully saturated rings. The number of morpholine rings is 1. The molecule has 0 bridgehead atoms. The first kappa shape index (κ1) is 20.3. The first-order valence-corrected chi connectivity index (χ1v) is 10.7. The molecule has 152 valence electrons. The highest BCUT2D eigenvalue weighted by atomic mass is 79.9. The summed E-state index contributed by atoms with van der Waals surface area (Å²) in [4.78, 5) is 12.7. The van der Waals surface area contributed by atoms with Crippen molar-refractivity contribution in [1.29, 1.82) is 0 Å². The summed E-state index contributed by atoms with van der Waals surface area (Å²) in [7, 11) is 0. The molecule has 0 saturated carbocycles. The van der Waals surface area contributed by atoms with Crippen LogP contribution in [-0.2, 0) is 4.74 Å². The molecule has 0 aromatic heterocycles. The van der Waals surface area contributed by atoms with Gasteiger partial charge >= 0.3 is 0 Å². The number of halogens is 2. The van der Waals surface area contributed by atoms with Crippen LogP contribution in [0.3, 0.4) is 0 Å². The van der Waals surface area contributed by atoms with Crippen LogP contribution in [-0.4, -0.2) is 42.7 Å². The van der Waals surface area contributed by atoms with E-state index in [0.29, 0.717) is 25.6 Å². The molecule has 29 heavy (non-hydrogen) atoms. The summed E-state index contributed by atoms with van der Waals surface area (Å²) in [6, 6.07) is 10.1. The Hall–Kier alpha value is -1.94. The van der Waals surface area contributed by atoms with Gasteiger partial charge in [0, 0.05) is 35.3 Å². The van der Waals surface area contributed by atoms with Gasteiger partial charge < -0.3 is 14.2 Å². The summed E-state index contributed by atoms with van der Waals surface area (Å²) in [5.41, 5.74) is 1.13. The lowest BCUT2D eigenvalue weighted by molar-refractivity contribution is -0.384. The van der Waals surface area contributed by atoms with Crippen molar-refractivity contribution >= 4 is 37.5 Å². The number of nitrogens with zero attached hydrogens (tertiary/aromatic N) is 2. The molecule has 7 nitrogen and oxygen atoms in total. The molecule has 2 aliphatic rings. The zero-order valence-electron chi connectivity index (χ0n) is 15.3. The van der Waals surface area contributed by atoms with Crippen molar-refractivity contribution < 1.29 is 19.1 Å². The van der Waals surface area contributed by atoms with Gasteiger partial charge in [0.05, 0.1) is 28.7 Å². The smallest absolute Gasteiger partial charge is 0.269 e. The van der Waals surface area contributed by atoms with Gasteiger partial charge in [-0.2, -0.15) is 0 Å². The first-order valence-electron chi connectivity index (χ1n) is 9.09. The lowest BCUT2D eigenvalue weighted by Gasteiger charge is -2.32. The van der Waals surface area contributed by atoms with E-state index < -0.39 is 4.92 Å². The molecule has 0 spiro atoms. The van der Waals surface area contributed by atoms with Crippen molar-refractivity contribution in [2.45, 2.75) is 6.04 Å². The van der Waals surface area contributed by atoms with E-state index in [9.17, 15) is 10.1 Å². The van der Waals surface area contributed by atoms with Crippen LogP contribution in [0.15, 0.2) is 57.2 Å². The molecular weight excluding hydrogens is 508 g/mol. The maximum atomic E-state index is 10.8. The quantitative estimate of drug-likeness (QED) is 0.410. The number of benzene rings is 2. The van der Waals surface area contributed by atoms with Crippen molar-refractivity contribution in [3.05, 3.63) is 72.9 Å². The summed E-state index contributed by atoms with van der Waals surface area (Å²) < 4.78 is 19.3. The number of ether oxygens (including phenoxy) is 3. The highest BCUT2D eigenvalue weighted by molar-refractivity contribution is 9.11. The first-order chi connectivity index (χ1) is 14.0. The summed E-state index contributed by atoms with van der Waals surface area (Å²) >= 11 is 7.15. The second kappa shape index (κ2) is 8.83. The Bertz CT molecular complexity index is 943. The fourth-order valence-corrected chi connectivity index (χ4v) is 4.81. The van der Waals surface area contributed by atoms with E-state index in [1.165, 1.54) is 12.1 Å². The van der Waals surface area contributed by atoms with Crippen LogP contribution in [0.1, 0.15) is 11.6 Å². The van der Waals surface area contributed by atoms with Crippen LogP contribution in [0.4, 0.5) is 5.69 Å². The van der Waals surface area contributed by atoms with Gasteiger partial charge in [0.15, 0.2) is 0 Å². The maximum absolute atomic E-state index is 10.8. The van der Waals surface area contributed by atoms with Crippen LogP contribution in [0.25, 0.3) is 0 Å². The third-order valence-electron chi connectivity index (χ3n) is 4.81. The van der Waals surface area contributed by atoms with Crippen molar-refractivity contribution in [3.63, 3.8) is 0 Å². The molecule has 2 heterocycles. The molecule has 9 heteroatoms. The van der Waals surface area contributed by atoms with Crippen molar-refractivity contribution in [1.82, 2.24) is 4.90 Å². The van der Waals surface area contributed by atoms with Gasteiger partial charge in [0.2, 0.25) is 0 Å². The van der Waals surface area contributed by atoms with Crippen LogP contribution in [0, 0.1) is 10.1 Å². The third kappa shape index (κ3) is 4.48. The van der Waals surface area contributed by atoms with Gasteiger partial charge in [-0.25, -0.2) is 0 Å². The molecule has 0 aliphatic carbocycles. The molecule has 2 aromatic rings. The number of hydrogen-bond acceptors (Lipinski definition) is 6. The van der Waals surface area contributed by atoms with Crippen LogP contribution < -0.4 is 9.47 Å². The fraction of sp³-hybridized carbons (Fsp3) is 0.300. The number of rotatable bonds is 5. The summed E-state index contributed by atoms with van der Waals surface area (Å²) in [5.74, 6) is 2.18. The maximum Gasteiger partial charge on any atom is 0.269 e. The van der Waals surface area contributed by atoms with E-state index in [1.54, 1.807) is 12.1 Å². The molecule has 1 unspecified atom stereocenters. The second-order valence-electron chi connectivity index (χ2n) is 6.63. The summed E-state index contributed by atoms with van der Waals surface area (Å²) in [6.07, 6.45) is 1.92. The average molecular weight is 526 g/mol. The van der Waals surface area contributed by atoms with E-state index in [1.807, 2.05) is 12.1 Å². The minimum atomic E-state index is -0.432. The number of hydrogen-bond donors (Lipinski definition) is 0. The van der Waals surface area contributed by atoms with Crippen LogP contribution >= 0.6 is 31.9 Å². The minimum Gasteiger partial charge on any atom is -0.489 e. The number of non-ortho nitro benzene ring substituents is 1. The Kier molecular flexibility index (Phi) is 6.19. The zero-order valence-corrected chi connectivity index (χ0v) is 18.5. The third-order valence-corrected chi connectivity index (χ3v) is 5.86. The van der Waals surface area contributed by atoms with Crippen LogP contribution in [0.5, 0.6) is 11.5 Å². The Balaban J connectivity index is 1.54. The van der Waals surface area contributed by atoms with Gasteiger partial charge in [-0.05, 0) is 46.3 Å². The van der Waals surface area contributed by atoms with Gasteiger partial charge in [-0.3, -0.25) is 15.0 Å². The van der Waals surface area contributed by atoms with Gasteiger partial charge in [0.25, 0.3) is 5.69 Å². The Morgan fingerprint density at radius 3 is 2.62 bits per heavy atom. The van der Waals surface area contributed by atoms with Crippen molar-refractivity contribution in [3.8, 4) is 11.5 Å². The largest absolute Gasteiger partial charge is 0.489 e. The van der Waals surface area contributed by atoms with E-state index in [4.69, 9.17) is 14.2 Å². The summed E-state index contributed by atoms with van der Waals surface area (Å²) in [6.45, 7) is 3.30. The van der Waals surface area contributed by atoms with Crippen molar-refractivity contribution in [2.75, 3.05) is 32.9 Å². The fourth-order valence-electron chi connectivity index (χ4n) is 3.47. The van der Waals surface area contributed by atoms with Gasteiger partial charge in [0.1, 0.15) is 23.9 Å². The monoisotopic (exact) mass is 524 g/mol. The highest BCUT2D eigenvalue weighted by Crippen LogP contribution is 2.48. The van der Waals surface area contributed by atoms with E-state index in [2.05, 4.69) is 42.8 Å². The number of fused-ring (bicyclic) bond motifs is 1. The number of nitro groups is 1. The summed E-state index contributed by atoms with van der Waals surface area (Å²) in [5, 5.41) is 10.8. The normalized spacial score (nSPS) is 20.3. The standard InChI is InChI=1S/C20H18Br2N2O5/c21-13-11-16-19(23-6-9-27-10-7-23)18(29-20(16)17(22)12-13)5-8-28-15-3-1-14(2-4-15)24(25)26/h1-5,11-12,19H,6-10H2. The second-order valence-corrected chi connectivity index (χ2v) is 8.40. The lowest BCUT2D eigenvalue weighted by Crippen LogP contribution is -2.39. The predicted octanol–water partition coefficient (Wildman–Crippen LogP) is 4.85. The predicted molar refractivity (Wildman–Crippen MR) is 114 cm³/mol. The molecule has 0 amide bonds. The SMILES string of the molecule is O=[N+]([O-])c1ccc(OCC=C2Oc3c(Br)cc(Br)cc3C2N2CCOCC2)cc1. The molecule has 0 radical (unpaired) electrons. The van der Waals surface area contributed by atoms with E-state index in [-0.39, 0.29) is 11.7 Å². The van der Waals surface area contributed by atoms with E-state index >= 15 is 0 Å². The highest BCUT2D eigenvalue weighted by Gasteiger charge is 2.36. The molecule has 1 atom stereocenters. The Morgan fingerprint density at radius 1 is 1.21 bits per heavy atom. The molecule has 1 saturated heterocycles. The molecule has 4 rings (SSSR count). The topological polar surface area (TPSA) is 74.1 Å². The minimum absolute atomic E-state index is 0.0110.